The van der Waals surface area contributed by atoms with Crippen molar-refractivity contribution in [3.63, 3.8) is 0 Å². The topological polar surface area (TPSA) is 96.6 Å². The Morgan fingerprint density at radius 3 is 2.16 bits per heavy atom. The number of aromatic carboxylic acids is 1. The standard InChI is InChI=1S/C26H27NO5/c1-2-3-4-10-15-27-17-19(24(28)20-13-8-9-14-21(20)25(29)30)16-22(27)23(26(31)32)18-11-6-5-7-12-18/h5-9,11-14,16-17,23H,2-4,10,15H2,1H3,(H,29,30)(H,31,32). The number of carbonyl (C=O) groups is 3. The van der Waals surface area contributed by atoms with Gasteiger partial charge in [0.15, 0.2) is 5.78 Å². The molecule has 1 aromatic heterocycles. The number of carboxylic acids is 2. The number of nitrogens with zero attached hydrogens (tertiary/aromatic N) is 1. The number of aliphatic carboxylic acids is 1. The highest BCUT2D eigenvalue weighted by atomic mass is 16.4. The van der Waals surface area contributed by atoms with Crippen LogP contribution in [0, 0.1) is 0 Å². The Hall–Kier alpha value is -3.67. The first-order valence-corrected chi connectivity index (χ1v) is 10.8. The number of aromatic nitrogens is 1. The lowest BCUT2D eigenvalue weighted by molar-refractivity contribution is -0.137. The Morgan fingerprint density at radius 2 is 1.53 bits per heavy atom. The third kappa shape index (κ3) is 5.14. The van der Waals surface area contributed by atoms with Crippen LogP contribution in [-0.2, 0) is 11.3 Å². The van der Waals surface area contributed by atoms with Gasteiger partial charge in [0, 0.05) is 29.6 Å². The SMILES string of the molecule is CCCCCCn1cc(C(=O)c2ccccc2C(=O)O)cc1C(C(=O)O)c1ccccc1. The van der Waals surface area contributed by atoms with Crippen LogP contribution < -0.4 is 0 Å². The molecule has 6 nitrogen and oxygen atoms in total. The Kier molecular flexibility index (Phi) is 7.60. The van der Waals surface area contributed by atoms with Gasteiger partial charge in [-0.2, -0.15) is 0 Å². The summed E-state index contributed by atoms with van der Waals surface area (Å²) < 4.78 is 1.83. The molecule has 0 bridgehead atoms. The number of hydrogen-bond donors (Lipinski definition) is 2. The number of carbonyl (C=O) groups excluding carboxylic acids is 1. The average molecular weight is 434 g/mol. The predicted molar refractivity (Wildman–Crippen MR) is 121 cm³/mol. The van der Waals surface area contributed by atoms with Gasteiger partial charge in [-0.3, -0.25) is 9.59 Å². The van der Waals surface area contributed by atoms with Gasteiger partial charge in [-0.25, -0.2) is 4.79 Å². The van der Waals surface area contributed by atoms with E-state index < -0.39 is 23.6 Å². The molecule has 0 saturated heterocycles. The third-order valence-corrected chi connectivity index (χ3v) is 5.52. The number of aryl methyl sites for hydroxylation is 1. The second-order valence-electron chi connectivity index (χ2n) is 7.77. The minimum atomic E-state index is -1.18. The van der Waals surface area contributed by atoms with E-state index in [9.17, 15) is 24.6 Å². The Labute approximate surface area is 187 Å². The molecule has 32 heavy (non-hydrogen) atoms. The fourth-order valence-corrected chi connectivity index (χ4v) is 3.91. The van der Waals surface area contributed by atoms with E-state index in [0.717, 1.165) is 25.7 Å². The number of unbranched alkanes of at least 4 members (excludes halogenated alkanes) is 3. The van der Waals surface area contributed by atoms with E-state index in [0.29, 0.717) is 17.8 Å². The molecular weight excluding hydrogens is 406 g/mol. The second kappa shape index (κ2) is 10.6. The normalized spacial score (nSPS) is 11.8. The molecule has 2 aromatic carbocycles. The molecular formula is C26H27NO5. The summed E-state index contributed by atoms with van der Waals surface area (Å²) >= 11 is 0. The van der Waals surface area contributed by atoms with Crippen LogP contribution in [0.2, 0.25) is 0 Å². The molecule has 6 heteroatoms. The largest absolute Gasteiger partial charge is 0.480 e. The van der Waals surface area contributed by atoms with Crippen LogP contribution in [0.4, 0.5) is 0 Å². The Bertz CT molecular complexity index is 1100. The predicted octanol–water partition coefficient (Wildman–Crippen LogP) is 5.21. The summed E-state index contributed by atoms with van der Waals surface area (Å²) in [6.45, 7) is 2.70. The van der Waals surface area contributed by atoms with E-state index in [1.165, 1.54) is 12.1 Å². The van der Waals surface area contributed by atoms with Crippen LogP contribution >= 0.6 is 0 Å². The first kappa shape index (κ1) is 23.0. The molecule has 0 aliphatic carbocycles. The second-order valence-corrected chi connectivity index (χ2v) is 7.77. The highest BCUT2D eigenvalue weighted by Gasteiger charge is 2.28. The van der Waals surface area contributed by atoms with Crippen molar-refractivity contribution in [1.82, 2.24) is 4.57 Å². The molecule has 3 aromatic rings. The summed E-state index contributed by atoms with van der Waals surface area (Å²) in [5, 5.41) is 19.5. The number of carboxylic acid groups (broad SMARTS) is 2. The maximum absolute atomic E-state index is 13.2. The van der Waals surface area contributed by atoms with Gasteiger partial charge in [0.1, 0.15) is 5.92 Å². The average Bonchev–Trinajstić information content (AvgIpc) is 3.20. The molecule has 0 spiro atoms. The van der Waals surface area contributed by atoms with Crippen molar-refractivity contribution >= 4 is 17.7 Å². The van der Waals surface area contributed by atoms with E-state index in [1.54, 1.807) is 48.7 Å². The Morgan fingerprint density at radius 1 is 0.875 bits per heavy atom. The fraction of sp³-hybridized carbons (Fsp3) is 0.269. The lowest BCUT2D eigenvalue weighted by Gasteiger charge is -2.16. The summed E-state index contributed by atoms with van der Waals surface area (Å²) in [6, 6.07) is 16.6. The van der Waals surface area contributed by atoms with Gasteiger partial charge < -0.3 is 14.8 Å². The van der Waals surface area contributed by atoms with Gasteiger partial charge in [0.25, 0.3) is 0 Å². The highest BCUT2D eigenvalue weighted by molar-refractivity contribution is 6.14. The van der Waals surface area contributed by atoms with E-state index >= 15 is 0 Å². The molecule has 166 valence electrons. The third-order valence-electron chi connectivity index (χ3n) is 5.52. The zero-order chi connectivity index (χ0) is 23.1. The maximum atomic E-state index is 13.2. The molecule has 1 heterocycles. The number of rotatable bonds is 11. The first-order chi connectivity index (χ1) is 15.4. The molecule has 0 aliphatic rings. The van der Waals surface area contributed by atoms with Crippen molar-refractivity contribution in [3.8, 4) is 0 Å². The summed E-state index contributed by atoms with van der Waals surface area (Å²) in [4.78, 5) is 37.0. The van der Waals surface area contributed by atoms with Crippen LogP contribution in [0.15, 0.2) is 66.9 Å². The van der Waals surface area contributed by atoms with Crippen molar-refractivity contribution in [2.45, 2.75) is 45.1 Å². The smallest absolute Gasteiger partial charge is 0.336 e. The van der Waals surface area contributed by atoms with Gasteiger partial charge >= 0.3 is 11.9 Å². The van der Waals surface area contributed by atoms with Crippen LogP contribution in [0.3, 0.4) is 0 Å². The summed E-state index contributed by atoms with van der Waals surface area (Å²) in [5.74, 6) is -3.55. The monoisotopic (exact) mass is 433 g/mol. The van der Waals surface area contributed by atoms with Gasteiger partial charge in [-0.1, -0.05) is 74.7 Å². The molecule has 0 radical (unpaired) electrons. The van der Waals surface area contributed by atoms with Crippen molar-refractivity contribution in [2.75, 3.05) is 0 Å². The van der Waals surface area contributed by atoms with Crippen LogP contribution in [-0.4, -0.2) is 32.5 Å². The van der Waals surface area contributed by atoms with Crippen molar-refractivity contribution in [2.24, 2.45) is 0 Å². The molecule has 1 unspecified atom stereocenters. The molecule has 1 atom stereocenters. The Balaban J connectivity index is 2.05. The van der Waals surface area contributed by atoms with Gasteiger partial charge in [-0.15, -0.1) is 0 Å². The van der Waals surface area contributed by atoms with Crippen molar-refractivity contribution in [1.29, 1.82) is 0 Å². The molecule has 0 amide bonds. The van der Waals surface area contributed by atoms with Crippen molar-refractivity contribution in [3.05, 3.63) is 94.8 Å². The van der Waals surface area contributed by atoms with Crippen molar-refractivity contribution < 1.29 is 24.6 Å². The maximum Gasteiger partial charge on any atom is 0.336 e. The van der Waals surface area contributed by atoms with Crippen LogP contribution in [0.1, 0.15) is 76.1 Å². The quantitative estimate of drug-likeness (QED) is 0.319. The van der Waals surface area contributed by atoms with Crippen LogP contribution in [0.25, 0.3) is 0 Å². The highest BCUT2D eigenvalue weighted by Crippen LogP contribution is 2.29. The fourth-order valence-electron chi connectivity index (χ4n) is 3.91. The zero-order valence-corrected chi connectivity index (χ0v) is 18.0. The number of benzene rings is 2. The minimum absolute atomic E-state index is 0.0763. The molecule has 0 saturated carbocycles. The van der Waals surface area contributed by atoms with Gasteiger partial charge in [0.05, 0.1) is 5.56 Å². The van der Waals surface area contributed by atoms with E-state index in [4.69, 9.17) is 0 Å². The molecule has 0 aliphatic heterocycles. The van der Waals surface area contributed by atoms with E-state index in [2.05, 4.69) is 6.92 Å². The van der Waals surface area contributed by atoms with E-state index in [1.807, 2.05) is 10.6 Å². The summed E-state index contributed by atoms with van der Waals surface area (Å²) in [5.41, 5.74) is 1.43. The minimum Gasteiger partial charge on any atom is -0.480 e. The van der Waals surface area contributed by atoms with Gasteiger partial charge in [-0.05, 0) is 24.1 Å². The molecule has 2 N–H and O–H groups in total. The zero-order valence-electron chi connectivity index (χ0n) is 18.0. The van der Waals surface area contributed by atoms with Gasteiger partial charge in [0.2, 0.25) is 0 Å². The first-order valence-electron chi connectivity index (χ1n) is 10.8. The van der Waals surface area contributed by atoms with Crippen LogP contribution in [0.5, 0.6) is 0 Å². The molecule has 0 fully saturated rings. The lowest BCUT2D eigenvalue weighted by atomic mass is 9.94. The summed E-state index contributed by atoms with van der Waals surface area (Å²) in [7, 11) is 0. The van der Waals surface area contributed by atoms with E-state index in [-0.39, 0.29) is 16.7 Å². The molecule has 3 rings (SSSR count). The number of ketones is 1. The number of hydrogen-bond acceptors (Lipinski definition) is 3. The summed E-state index contributed by atoms with van der Waals surface area (Å²) in [6.07, 6.45) is 5.67. The lowest BCUT2D eigenvalue weighted by Crippen LogP contribution is -2.17.